The minimum Gasteiger partial charge on any atom is -0.342 e. The zero-order valence-corrected chi connectivity index (χ0v) is 12.7. The number of piperidine rings is 1. The first-order valence-electron chi connectivity index (χ1n) is 8.08. The van der Waals surface area contributed by atoms with E-state index in [1.54, 1.807) is 0 Å². The molecule has 3 atom stereocenters. The van der Waals surface area contributed by atoms with Crippen LogP contribution in [0.1, 0.15) is 65.2 Å². The summed E-state index contributed by atoms with van der Waals surface area (Å²) in [5.74, 6) is 0.588. The van der Waals surface area contributed by atoms with E-state index in [2.05, 4.69) is 18.7 Å². The van der Waals surface area contributed by atoms with Gasteiger partial charge >= 0.3 is 0 Å². The van der Waals surface area contributed by atoms with Gasteiger partial charge in [-0.3, -0.25) is 4.79 Å². The number of hydrogen-bond acceptors (Lipinski definition) is 2. The lowest BCUT2D eigenvalue weighted by Crippen LogP contribution is -2.48. The Morgan fingerprint density at radius 2 is 2.16 bits per heavy atom. The quantitative estimate of drug-likeness (QED) is 0.853. The Labute approximate surface area is 117 Å². The Bertz CT molecular complexity index is 314. The number of amides is 1. The van der Waals surface area contributed by atoms with Gasteiger partial charge in [-0.2, -0.15) is 0 Å². The number of hydrogen-bond donors (Lipinski definition) is 1. The predicted molar refractivity (Wildman–Crippen MR) is 78.8 cm³/mol. The molecule has 3 heteroatoms. The average molecular weight is 266 g/mol. The standard InChI is InChI=1S/C16H30N2O/c1-3-8-16(2)9-5-10-18(12-16)15(19)13-6-4-7-14(17)11-13/h13-14H,3-12,17H2,1-2H3. The third-order valence-electron chi connectivity index (χ3n) is 5.01. The van der Waals surface area contributed by atoms with Gasteiger partial charge in [-0.1, -0.05) is 26.7 Å². The van der Waals surface area contributed by atoms with Crippen molar-refractivity contribution in [1.29, 1.82) is 0 Å². The molecule has 2 N–H and O–H groups in total. The van der Waals surface area contributed by atoms with E-state index in [1.165, 1.54) is 25.7 Å². The average Bonchev–Trinajstić information content (AvgIpc) is 2.38. The van der Waals surface area contributed by atoms with E-state index < -0.39 is 0 Å². The molecule has 2 aliphatic rings. The zero-order chi connectivity index (χ0) is 13.9. The van der Waals surface area contributed by atoms with E-state index in [-0.39, 0.29) is 12.0 Å². The van der Waals surface area contributed by atoms with Crippen LogP contribution in [0.5, 0.6) is 0 Å². The van der Waals surface area contributed by atoms with Crippen LogP contribution in [-0.4, -0.2) is 29.9 Å². The van der Waals surface area contributed by atoms with Gasteiger partial charge in [0.15, 0.2) is 0 Å². The van der Waals surface area contributed by atoms with Gasteiger partial charge in [-0.05, 0) is 43.9 Å². The molecule has 0 bridgehead atoms. The van der Waals surface area contributed by atoms with Crippen molar-refractivity contribution < 1.29 is 4.79 Å². The number of nitrogens with zero attached hydrogens (tertiary/aromatic N) is 1. The largest absolute Gasteiger partial charge is 0.342 e. The molecule has 1 aliphatic heterocycles. The van der Waals surface area contributed by atoms with Crippen LogP contribution in [0, 0.1) is 11.3 Å². The summed E-state index contributed by atoms with van der Waals surface area (Å²) in [6.45, 7) is 6.52. The van der Waals surface area contributed by atoms with Gasteiger partial charge in [-0.15, -0.1) is 0 Å². The Kier molecular flexibility index (Phi) is 4.88. The summed E-state index contributed by atoms with van der Waals surface area (Å²) in [7, 11) is 0. The van der Waals surface area contributed by atoms with E-state index in [0.29, 0.717) is 11.3 Å². The molecule has 110 valence electrons. The molecule has 19 heavy (non-hydrogen) atoms. The SMILES string of the molecule is CCCC1(C)CCCN(C(=O)C2CCCC(N)C2)C1. The third-order valence-corrected chi connectivity index (χ3v) is 5.01. The second kappa shape index (κ2) is 6.25. The van der Waals surface area contributed by atoms with Crippen molar-refractivity contribution in [3.8, 4) is 0 Å². The molecule has 0 spiro atoms. The maximum Gasteiger partial charge on any atom is 0.225 e. The Hall–Kier alpha value is -0.570. The van der Waals surface area contributed by atoms with E-state index >= 15 is 0 Å². The fourth-order valence-corrected chi connectivity index (χ4v) is 4.02. The third kappa shape index (κ3) is 3.71. The highest BCUT2D eigenvalue weighted by molar-refractivity contribution is 5.79. The zero-order valence-electron chi connectivity index (χ0n) is 12.7. The van der Waals surface area contributed by atoms with Gasteiger partial charge in [-0.25, -0.2) is 0 Å². The number of nitrogens with two attached hydrogens (primary N) is 1. The molecule has 3 nitrogen and oxygen atoms in total. The normalized spacial score (nSPS) is 36.3. The summed E-state index contributed by atoms with van der Waals surface area (Å²) in [6, 6.07) is 0.245. The van der Waals surface area contributed by atoms with Crippen LogP contribution in [0.4, 0.5) is 0 Å². The molecule has 0 aromatic rings. The summed E-state index contributed by atoms with van der Waals surface area (Å²) < 4.78 is 0. The number of carbonyl (C=O) groups excluding carboxylic acids is 1. The number of likely N-dealkylation sites (tertiary alicyclic amines) is 1. The summed E-state index contributed by atoms with van der Waals surface area (Å²) in [5.41, 5.74) is 6.37. The predicted octanol–water partition coefficient (Wildman–Crippen LogP) is 2.93. The van der Waals surface area contributed by atoms with E-state index in [9.17, 15) is 4.79 Å². The van der Waals surface area contributed by atoms with Crippen LogP contribution in [0.15, 0.2) is 0 Å². The van der Waals surface area contributed by atoms with Gasteiger partial charge in [0.2, 0.25) is 5.91 Å². The van der Waals surface area contributed by atoms with Crippen LogP contribution in [0.2, 0.25) is 0 Å². The summed E-state index contributed by atoms with van der Waals surface area (Å²) in [5, 5.41) is 0. The molecule has 0 aromatic heterocycles. The van der Waals surface area contributed by atoms with Crippen molar-refractivity contribution in [3.63, 3.8) is 0 Å². The second-order valence-corrected chi connectivity index (χ2v) is 7.05. The number of carbonyl (C=O) groups is 1. The molecule has 0 aromatic carbocycles. The maximum absolute atomic E-state index is 12.7. The van der Waals surface area contributed by atoms with Crippen molar-refractivity contribution >= 4 is 5.91 Å². The highest BCUT2D eigenvalue weighted by atomic mass is 16.2. The Morgan fingerprint density at radius 3 is 2.84 bits per heavy atom. The lowest BCUT2D eigenvalue weighted by molar-refractivity contribution is -0.140. The maximum atomic E-state index is 12.7. The minimum atomic E-state index is 0.202. The molecular formula is C16H30N2O. The molecular weight excluding hydrogens is 236 g/mol. The van der Waals surface area contributed by atoms with E-state index in [1.807, 2.05) is 0 Å². The molecule has 3 unspecified atom stereocenters. The van der Waals surface area contributed by atoms with Crippen LogP contribution in [-0.2, 0) is 4.79 Å². The van der Waals surface area contributed by atoms with Crippen molar-refractivity contribution in [2.45, 2.75) is 71.3 Å². The first kappa shape index (κ1) is 14.8. The molecule has 1 heterocycles. The number of rotatable bonds is 3. The first-order chi connectivity index (χ1) is 9.04. The van der Waals surface area contributed by atoms with E-state index in [0.717, 1.165) is 38.8 Å². The lowest BCUT2D eigenvalue weighted by Gasteiger charge is -2.42. The van der Waals surface area contributed by atoms with Crippen molar-refractivity contribution in [3.05, 3.63) is 0 Å². The van der Waals surface area contributed by atoms with Crippen LogP contribution in [0.25, 0.3) is 0 Å². The van der Waals surface area contributed by atoms with E-state index in [4.69, 9.17) is 5.73 Å². The van der Waals surface area contributed by atoms with Crippen LogP contribution >= 0.6 is 0 Å². The van der Waals surface area contributed by atoms with Crippen LogP contribution < -0.4 is 5.73 Å². The highest BCUT2D eigenvalue weighted by Crippen LogP contribution is 2.35. The molecule has 1 saturated heterocycles. The van der Waals surface area contributed by atoms with Crippen molar-refractivity contribution in [2.24, 2.45) is 17.1 Å². The Morgan fingerprint density at radius 1 is 1.37 bits per heavy atom. The molecule has 1 saturated carbocycles. The van der Waals surface area contributed by atoms with Gasteiger partial charge in [0, 0.05) is 25.0 Å². The van der Waals surface area contributed by atoms with Crippen LogP contribution in [0.3, 0.4) is 0 Å². The fourth-order valence-electron chi connectivity index (χ4n) is 4.02. The summed E-state index contributed by atoms with van der Waals surface area (Å²) >= 11 is 0. The van der Waals surface area contributed by atoms with Gasteiger partial charge in [0.1, 0.15) is 0 Å². The molecule has 0 radical (unpaired) electrons. The molecule has 1 amide bonds. The topological polar surface area (TPSA) is 46.3 Å². The monoisotopic (exact) mass is 266 g/mol. The summed E-state index contributed by atoms with van der Waals surface area (Å²) in [6.07, 6.45) is 9.06. The smallest absolute Gasteiger partial charge is 0.225 e. The lowest BCUT2D eigenvalue weighted by atomic mass is 9.77. The van der Waals surface area contributed by atoms with Crippen molar-refractivity contribution in [1.82, 2.24) is 4.90 Å². The van der Waals surface area contributed by atoms with Crippen molar-refractivity contribution in [2.75, 3.05) is 13.1 Å². The molecule has 2 rings (SSSR count). The first-order valence-corrected chi connectivity index (χ1v) is 8.08. The highest BCUT2D eigenvalue weighted by Gasteiger charge is 2.35. The van der Waals surface area contributed by atoms with Gasteiger partial charge in [0.05, 0.1) is 0 Å². The molecule has 2 fully saturated rings. The summed E-state index contributed by atoms with van der Waals surface area (Å²) in [4.78, 5) is 14.8. The minimum absolute atomic E-state index is 0.202. The molecule has 1 aliphatic carbocycles. The second-order valence-electron chi connectivity index (χ2n) is 7.05. The fraction of sp³-hybridized carbons (Fsp3) is 0.938. The Balaban J connectivity index is 1.94. The van der Waals surface area contributed by atoms with Gasteiger partial charge in [0.25, 0.3) is 0 Å². The van der Waals surface area contributed by atoms with Gasteiger partial charge < -0.3 is 10.6 Å².